The predicted octanol–water partition coefficient (Wildman–Crippen LogP) is 2.64. The number of amides is 1. The van der Waals surface area contributed by atoms with Crippen molar-refractivity contribution in [2.45, 2.75) is 13.0 Å². The van der Waals surface area contributed by atoms with E-state index in [2.05, 4.69) is 20.8 Å². The van der Waals surface area contributed by atoms with E-state index >= 15 is 0 Å². The molecule has 5 heteroatoms. The Bertz CT molecular complexity index is 407. The van der Waals surface area contributed by atoms with Crippen molar-refractivity contribution in [3.05, 3.63) is 28.7 Å². The summed E-state index contributed by atoms with van der Waals surface area (Å²) in [6, 6.07) is 8.14. The number of benzene rings is 1. The van der Waals surface area contributed by atoms with E-state index in [1.54, 1.807) is 0 Å². The lowest BCUT2D eigenvalue weighted by Gasteiger charge is -2.39. The fraction of sp³-hybridized carbons (Fsp3) is 0.417. The van der Waals surface area contributed by atoms with Crippen LogP contribution in [-0.4, -0.2) is 41.8 Å². The summed E-state index contributed by atoms with van der Waals surface area (Å²) < 4.78 is 1.05. The Balaban J connectivity index is 2.06. The summed E-state index contributed by atoms with van der Waals surface area (Å²) in [5, 5.41) is 9.00. The van der Waals surface area contributed by atoms with Gasteiger partial charge in [-0.15, -0.1) is 0 Å². The topological polar surface area (TPSA) is 43.8 Å². The average Bonchev–Trinajstić information content (AvgIpc) is 2.29. The third-order valence-corrected chi connectivity index (χ3v) is 3.59. The maximum atomic E-state index is 11.0. The van der Waals surface area contributed by atoms with Crippen molar-refractivity contribution in [2.75, 3.05) is 24.5 Å². The van der Waals surface area contributed by atoms with Gasteiger partial charge in [-0.2, -0.15) is 0 Å². The molecule has 1 fully saturated rings. The maximum Gasteiger partial charge on any atom is 0.407 e. The summed E-state index contributed by atoms with van der Waals surface area (Å²) in [4.78, 5) is 14.7. The number of anilines is 1. The molecule has 0 aromatic heterocycles. The van der Waals surface area contributed by atoms with Crippen LogP contribution in [0.15, 0.2) is 28.7 Å². The molecule has 1 aliphatic heterocycles. The van der Waals surface area contributed by atoms with Crippen LogP contribution < -0.4 is 4.90 Å². The highest BCUT2D eigenvalue weighted by molar-refractivity contribution is 9.10. The lowest BCUT2D eigenvalue weighted by atomic mass is 10.2. The molecule has 0 saturated carbocycles. The van der Waals surface area contributed by atoms with Crippen LogP contribution in [0, 0.1) is 0 Å². The van der Waals surface area contributed by atoms with E-state index in [4.69, 9.17) is 5.11 Å². The summed E-state index contributed by atoms with van der Waals surface area (Å²) in [6.07, 6.45) is -0.826. The fourth-order valence-corrected chi connectivity index (χ4v) is 2.39. The Morgan fingerprint density at radius 2 is 2.00 bits per heavy atom. The molecule has 92 valence electrons. The van der Waals surface area contributed by atoms with Crippen LogP contribution in [0.25, 0.3) is 0 Å². The number of piperazine rings is 1. The van der Waals surface area contributed by atoms with Gasteiger partial charge in [0.25, 0.3) is 0 Å². The number of carboxylic acid groups (broad SMARTS) is 1. The maximum absolute atomic E-state index is 11.0. The first kappa shape index (κ1) is 12.2. The van der Waals surface area contributed by atoms with Crippen LogP contribution in [-0.2, 0) is 0 Å². The van der Waals surface area contributed by atoms with Crippen molar-refractivity contribution < 1.29 is 9.90 Å². The number of hydrogen-bond acceptors (Lipinski definition) is 2. The summed E-state index contributed by atoms with van der Waals surface area (Å²) in [6.45, 7) is 4.00. The lowest BCUT2D eigenvalue weighted by Crippen LogP contribution is -2.53. The molecule has 2 rings (SSSR count). The Labute approximate surface area is 109 Å². The van der Waals surface area contributed by atoms with E-state index in [9.17, 15) is 4.79 Å². The highest BCUT2D eigenvalue weighted by Gasteiger charge is 2.26. The van der Waals surface area contributed by atoms with Crippen molar-refractivity contribution in [3.8, 4) is 0 Å². The molecule has 0 aliphatic carbocycles. The summed E-state index contributed by atoms with van der Waals surface area (Å²) in [7, 11) is 0. The predicted molar refractivity (Wildman–Crippen MR) is 70.5 cm³/mol. The summed E-state index contributed by atoms with van der Waals surface area (Å²) in [5.41, 5.74) is 1.14. The second-order valence-corrected chi connectivity index (χ2v) is 5.16. The van der Waals surface area contributed by atoms with Gasteiger partial charge in [-0.05, 0) is 31.2 Å². The van der Waals surface area contributed by atoms with Gasteiger partial charge >= 0.3 is 6.09 Å². The Kier molecular flexibility index (Phi) is 3.57. The highest BCUT2D eigenvalue weighted by atomic mass is 79.9. The molecule has 1 N–H and O–H groups in total. The zero-order chi connectivity index (χ0) is 12.4. The molecule has 1 aliphatic rings. The van der Waals surface area contributed by atoms with Crippen LogP contribution in [0.5, 0.6) is 0 Å². The SMILES string of the molecule is C[C@H]1CN(c2ccc(Br)cc2)CCN1C(=O)O. The van der Waals surface area contributed by atoms with Gasteiger partial charge in [0.05, 0.1) is 0 Å². The van der Waals surface area contributed by atoms with Gasteiger partial charge in [0, 0.05) is 35.8 Å². The smallest absolute Gasteiger partial charge is 0.407 e. The van der Waals surface area contributed by atoms with Crippen LogP contribution in [0.2, 0.25) is 0 Å². The van der Waals surface area contributed by atoms with Crippen molar-refractivity contribution >= 4 is 27.7 Å². The molecule has 1 amide bonds. The minimum absolute atomic E-state index is 0.0323. The van der Waals surface area contributed by atoms with Crippen molar-refractivity contribution in [1.82, 2.24) is 4.90 Å². The average molecular weight is 299 g/mol. The van der Waals surface area contributed by atoms with Gasteiger partial charge in [0.2, 0.25) is 0 Å². The molecule has 1 heterocycles. The molecule has 0 radical (unpaired) electrons. The second-order valence-electron chi connectivity index (χ2n) is 4.25. The first-order valence-electron chi connectivity index (χ1n) is 5.58. The molecular formula is C12H15BrN2O2. The quantitative estimate of drug-likeness (QED) is 0.867. The lowest BCUT2D eigenvalue weighted by molar-refractivity contribution is 0.122. The molecular weight excluding hydrogens is 284 g/mol. The number of rotatable bonds is 1. The molecule has 1 aromatic carbocycles. The van der Waals surface area contributed by atoms with Crippen LogP contribution in [0.3, 0.4) is 0 Å². The van der Waals surface area contributed by atoms with Gasteiger partial charge in [-0.3, -0.25) is 0 Å². The number of nitrogens with zero attached hydrogens (tertiary/aromatic N) is 2. The van der Waals surface area contributed by atoms with Crippen molar-refractivity contribution in [2.24, 2.45) is 0 Å². The standard InChI is InChI=1S/C12H15BrN2O2/c1-9-8-14(6-7-15(9)12(16)17)11-4-2-10(13)3-5-11/h2-5,9H,6-8H2,1H3,(H,16,17)/t9-/m0/s1. The van der Waals surface area contributed by atoms with Gasteiger partial charge in [0.15, 0.2) is 0 Å². The fourth-order valence-electron chi connectivity index (χ4n) is 2.13. The molecule has 0 unspecified atom stereocenters. The largest absolute Gasteiger partial charge is 0.465 e. The molecule has 1 saturated heterocycles. The van der Waals surface area contributed by atoms with Gasteiger partial charge in [-0.25, -0.2) is 4.79 Å². The monoisotopic (exact) mass is 298 g/mol. The molecule has 0 spiro atoms. The minimum atomic E-state index is -0.826. The highest BCUT2D eigenvalue weighted by Crippen LogP contribution is 2.21. The zero-order valence-corrected chi connectivity index (χ0v) is 11.2. The zero-order valence-electron chi connectivity index (χ0n) is 9.64. The molecule has 4 nitrogen and oxygen atoms in total. The van der Waals surface area contributed by atoms with Gasteiger partial charge < -0.3 is 14.9 Å². The number of halogens is 1. The van der Waals surface area contributed by atoms with Gasteiger partial charge in [0.1, 0.15) is 0 Å². The first-order valence-corrected chi connectivity index (χ1v) is 6.37. The van der Waals surface area contributed by atoms with Crippen LogP contribution in [0.4, 0.5) is 10.5 Å². The van der Waals surface area contributed by atoms with E-state index in [0.29, 0.717) is 6.54 Å². The third-order valence-electron chi connectivity index (χ3n) is 3.06. The van der Waals surface area contributed by atoms with E-state index in [1.165, 1.54) is 4.90 Å². The number of hydrogen-bond donors (Lipinski definition) is 1. The van der Waals surface area contributed by atoms with Crippen LogP contribution in [0.1, 0.15) is 6.92 Å². The van der Waals surface area contributed by atoms with Crippen molar-refractivity contribution in [1.29, 1.82) is 0 Å². The molecule has 17 heavy (non-hydrogen) atoms. The normalized spacial score (nSPS) is 20.5. The molecule has 1 atom stereocenters. The molecule has 1 aromatic rings. The van der Waals surface area contributed by atoms with Crippen LogP contribution >= 0.6 is 15.9 Å². The molecule has 0 bridgehead atoms. The van der Waals surface area contributed by atoms with Crippen molar-refractivity contribution in [3.63, 3.8) is 0 Å². The Morgan fingerprint density at radius 1 is 1.35 bits per heavy atom. The van der Waals surface area contributed by atoms with Gasteiger partial charge in [-0.1, -0.05) is 15.9 Å². The van der Waals surface area contributed by atoms with E-state index in [-0.39, 0.29) is 6.04 Å². The number of carbonyl (C=O) groups is 1. The van der Waals surface area contributed by atoms with E-state index < -0.39 is 6.09 Å². The summed E-state index contributed by atoms with van der Waals surface area (Å²) >= 11 is 3.41. The van der Waals surface area contributed by atoms with E-state index in [1.807, 2.05) is 31.2 Å². The third kappa shape index (κ3) is 2.72. The Hall–Kier alpha value is -1.23. The first-order chi connectivity index (χ1) is 8.08. The van der Waals surface area contributed by atoms with E-state index in [0.717, 1.165) is 23.2 Å². The summed E-state index contributed by atoms with van der Waals surface area (Å²) in [5.74, 6) is 0. The second kappa shape index (κ2) is 4.96. The Morgan fingerprint density at radius 3 is 2.53 bits per heavy atom. The minimum Gasteiger partial charge on any atom is -0.465 e.